The number of nitrogen functional groups attached to an aromatic ring is 1. The molecule has 0 unspecified atom stereocenters. The van der Waals surface area contributed by atoms with Crippen LogP contribution in [0.25, 0.3) is 0 Å². The molecule has 2 rings (SSSR count). The van der Waals surface area contributed by atoms with E-state index in [-0.39, 0.29) is 5.56 Å². The molecule has 5 heteroatoms. The summed E-state index contributed by atoms with van der Waals surface area (Å²) in [7, 11) is 0. The Bertz CT molecular complexity index is 538. The highest BCUT2D eigenvalue weighted by Crippen LogP contribution is 2.29. The number of furan rings is 1. The summed E-state index contributed by atoms with van der Waals surface area (Å²) in [4.78, 5) is 0. The number of hydrogen-bond acceptors (Lipinski definition) is 3. The van der Waals surface area contributed by atoms with Crippen LogP contribution in [0.5, 0.6) is 0 Å². The highest BCUT2D eigenvalue weighted by atomic mass is 19.3. The minimum Gasteiger partial charge on any atom is -0.465 e. The number of aryl methyl sites for hydroxylation is 1. The van der Waals surface area contributed by atoms with Crippen LogP contribution >= 0.6 is 0 Å². The molecule has 1 aromatic carbocycles. The zero-order valence-corrected chi connectivity index (χ0v) is 9.91. The number of rotatable bonds is 4. The van der Waals surface area contributed by atoms with Gasteiger partial charge < -0.3 is 15.5 Å². The molecule has 96 valence electrons. The van der Waals surface area contributed by atoms with Crippen LogP contribution in [0, 0.1) is 6.92 Å². The van der Waals surface area contributed by atoms with E-state index >= 15 is 0 Å². The Morgan fingerprint density at radius 2 is 2.06 bits per heavy atom. The molecule has 3 nitrogen and oxygen atoms in total. The number of alkyl halides is 2. The number of hydrogen-bond donors (Lipinski definition) is 2. The lowest BCUT2D eigenvalue weighted by Gasteiger charge is -2.11. The zero-order chi connectivity index (χ0) is 13.1. The van der Waals surface area contributed by atoms with Gasteiger partial charge in [0.05, 0.1) is 6.54 Å². The van der Waals surface area contributed by atoms with Crippen molar-refractivity contribution in [3.63, 3.8) is 0 Å². The largest absolute Gasteiger partial charge is 0.465 e. The highest BCUT2D eigenvalue weighted by Gasteiger charge is 2.13. The molecule has 0 bridgehead atoms. The summed E-state index contributed by atoms with van der Waals surface area (Å²) in [5.41, 5.74) is 6.09. The lowest BCUT2D eigenvalue weighted by Crippen LogP contribution is -2.03. The Morgan fingerprint density at radius 3 is 2.67 bits per heavy atom. The Labute approximate surface area is 104 Å². The lowest BCUT2D eigenvalue weighted by molar-refractivity contribution is 0.152. The first kappa shape index (κ1) is 12.4. The molecule has 0 saturated heterocycles. The monoisotopic (exact) mass is 252 g/mol. The van der Waals surface area contributed by atoms with E-state index in [1.807, 2.05) is 19.1 Å². The number of nitrogens with one attached hydrogen (secondary N) is 1. The smallest absolute Gasteiger partial charge is 0.265 e. The van der Waals surface area contributed by atoms with Crippen LogP contribution < -0.4 is 11.1 Å². The van der Waals surface area contributed by atoms with Gasteiger partial charge in [0.2, 0.25) is 0 Å². The molecule has 1 heterocycles. The Hall–Kier alpha value is -2.04. The molecule has 1 aromatic heterocycles. The molecular weight excluding hydrogens is 238 g/mol. The van der Waals surface area contributed by atoms with Gasteiger partial charge in [0.1, 0.15) is 11.5 Å². The van der Waals surface area contributed by atoms with Crippen LogP contribution in [0.2, 0.25) is 0 Å². The molecule has 18 heavy (non-hydrogen) atoms. The maximum absolute atomic E-state index is 12.8. The van der Waals surface area contributed by atoms with Crippen LogP contribution in [-0.2, 0) is 6.54 Å². The van der Waals surface area contributed by atoms with Crippen molar-refractivity contribution < 1.29 is 13.2 Å². The molecule has 0 aliphatic carbocycles. The Kier molecular flexibility index (Phi) is 3.50. The first-order valence-electron chi connectivity index (χ1n) is 5.53. The number of anilines is 2. The topological polar surface area (TPSA) is 51.2 Å². The summed E-state index contributed by atoms with van der Waals surface area (Å²) >= 11 is 0. The van der Waals surface area contributed by atoms with Gasteiger partial charge in [-0.1, -0.05) is 0 Å². The average Bonchev–Trinajstić information content (AvgIpc) is 2.73. The third kappa shape index (κ3) is 2.80. The van der Waals surface area contributed by atoms with E-state index in [4.69, 9.17) is 10.2 Å². The van der Waals surface area contributed by atoms with E-state index < -0.39 is 6.43 Å². The first-order chi connectivity index (χ1) is 8.56. The van der Waals surface area contributed by atoms with Gasteiger partial charge in [-0.3, -0.25) is 0 Å². The number of benzene rings is 1. The minimum absolute atomic E-state index is 0.0988. The predicted octanol–water partition coefficient (Wildman–Crippen LogP) is 3.72. The molecule has 0 radical (unpaired) electrons. The van der Waals surface area contributed by atoms with Gasteiger partial charge in [-0.25, -0.2) is 8.78 Å². The minimum atomic E-state index is -2.56. The van der Waals surface area contributed by atoms with Gasteiger partial charge >= 0.3 is 0 Å². The second kappa shape index (κ2) is 5.08. The third-order valence-corrected chi connectivity index (χ3v) is 2.56. The maximum Gasteiger partial charge on any atom is 0.265 e. The summed E-state index contributed by atoms with van der Waals surface area (Å²) < 4.78 is 31.0. The standard InChI is InChI=1S/C13H14F2N2O/c1-8-2-4-10(18-8)7-17-12-5-3-9(16)6-11(12)13(14)15/h2-6,13,17H,7,16H2,1H3. The quantitative estimate of drug-likeness (QED) is 0.815. The summed E-state index contributed by atoms with van der Waals surface area (Å²) in [6, 6.07) is 8.05. The third-order valence-electron chi connectivity index (χ3n) is 2.56. The lowest BCUT2D eigenvalue weighted by atomic mass is 10.1. The Balaban J connectivity index is 2.13. The van der Waals surface area contributed by atoms with Gasteiger partial charge in [0, 0.05) is 16.9 Å². The first-order valence-corrected chi connectivity index (χ1v) is 5.53. The van der Waals surface area contributed by atoms with Crippen molar-refractivity contribution in [2.45, 2.75) is 19.9 Å². The van der Waals surface area contributed by atoms with Crippen LogP contribution in [0.15, 0.2) is 34.7 Å². The molecule has 0 fully saturated rings. The van der Waals surface area contributed by atoms with E-state index in [1.54, 1.807) is 12.1 Å². The maximum atomic E-state index is 12.8. The second-order valence-electron chi connectivity index (χ2n) is 4.01. The molecule has 0 aliphatic heterocycles. The highest BCUT2D eigenvalue weighted by molar-refractivity contribution is 5.58. The number of nitrogens with two attached hydrogens (primary N) is 1. The molecule has 0 saturated carbocycles. The van der Waals surface area contributed by atoms with E-state index in [0.29, 0.717) is 23.7 Å². The van der Waals surface area contributed by atoms with Crippen molar-refractivity contribution >= 4 is 11.4 Å². The molecule has 3 N–H and O–H groups in total. The fourth-order valence-electron chi connectivity index (χ4n) is 1.69. The summed E-state index contributed by atoms with van der Waals surface area (Å²) in [6.45, 7) is 2.19. The summed E-state index contributed by atoms with van der Waals surface area (Å²) in [5.74, 6) is 1.49. The van der Waals surface area contributed by atoms with Crippen molar-refractivity contribution in [2.24, 2.45) is 0 Å². The van der Waals surface area contributed by atoms with Gasteiger partial charge in [-0.15, -0.1) is 0 Å². The van der Waals surface area contributed by atoms with Crippen LogP contribution in [0.4, 0.5) is 20.2 Å². The second-order valence-corrected chi connectivity index (χ2v) is 4.01. The van der Waals surface area contributed by atoms with Crippen molar-refractivity contribution in [1.82, 2.24) is 0 Å². The van der Waals surface area contributed by atoms with Gasteiger partial charge in [-0.05, 0) is 37.3 Å². The van der Waals surface area contributed by atoms with Gasteiger partial charge in [0.25, 0.3) is 6.43 Å². The molecule has 0 amide bonds. The van der Waals surface area contributed by atoms with Crippen molar-refractivity contribution in [3.05, 3.63) is 47.4 Å². The van der Waals surface area contributed by atoms with Gasteiger partial charge in [0.15, 0.2) is 0 Å². The molecular formula is C13H14F2N2O. The van der Waals surface area contributed by atoms with Crippen LogP contribution in [0.3, 0.4) is 0 Å². The molecule has 2 aromatic rings. The fraction of sp³-hybridized carbons (Fsp3) is 0.231. The SMILES string of the molecule is Cc1ccc(CNc2ccc(N)cc2C(F)F)o1. The average molecular weight is 252 g/mol. The molecule has 0 spiro atoms. The molecule has 0 aliphatic rings. The van der Waals surface area contributed by atoms with E-state index in [9.17, 15) is 8.78 Å². The predicted molar refractivity (Wildman–Crippen MR) is 66.6 cm³/mol. The van der Waals surface area contributed by atoms with Gasteiger partial charge in [-0.2, -0.15) is 0 Å². The van der Waals surface area contributed by atoms with E-state index in [1.165, 1.54) is 6.07 Å². The van der Waals surface area contributed by atoms with E-state index in [0.717, 1.165) is 5.76 Å². The van der Waals surface area contributed by atoms with Crippen LogP contribution in [0.1, 0.15) is 23.5 Å². The summed E-state index contributed by atoms with van der Waals surface area (Å²) in [6.07, 6.45) is -2.56. The fourth-order valence-corrected chi connectivity index (χ4v) is 1.69. The molecule has 0 atom stereocenters. The normalized spacial score (nSPS) is 10.9. The van der Waals surface area contributed by atoms with Crippen LogP contribution in [-0.4, -0.2) is 0 Å². The summed E-state index contributed by atoms with van der Waals surface area (Å²) in [5, 5.41) is 2.92. The van der Waals surface area contributed by atoms with Crippen molar-refractivity contribution in [3.8, 4) is 0 Å². The van der Waals surface area contributed by atoms with Crippen molar-refractivity contribution in [2.75, 3.05) is 11.1 Å². The Morgan fingerprint density at radius 1 is 1.28 bits per heavy atom. The zero-order valence-electron chi connectivity index (χ0n) is 9.91. The van der Waals surface area contributed by atoms with Crippen molar-refractivity contribution in [1.29, 1.82) is 0 Å². The van der Waals surface area contributed by atoms with E-state index in [2.05, 4.69) is 5.32 Å². The number of halogens is 2.